The van der Waals surface area contributed by atoms with Gasteiger partial charge in [-0.3, -0.25) is 4.79 Å². The Hall–Kier alpha value is -2.33. The Labute approximate surface area is 163 Å². The Morgan fingerprint density at radius 2 is 1.78 bits per heavy atom. The molecule has 0 spiro atoms. The molecule has 1 aliphatic rings. The van der Waals surface area contributed by atoms with Crippen molar-refractivity contribution in [3.63, 3.8) is 0 Å². The van der Waals surface area contributed by atoms with Crippen LogP contribution in [0.2, 0.25) is 0 Å². The molecule has 2 aromatic carbocycles. The molecule has 1 fully saturated rings. The van der Waals surface area contributed by atoms with E-state index in [9.17, 15) is 4.79 Å². The van der Waals surface area contributed by atoms with Gasteiger partial charge in [0.2, 0.25) is 0 Å². The standard InChI is InChI=1S/C23H31N3O/c1-24(2)17-18-11-13-19(14-12-18)22-10-5-6-15-26(22)23(27)20-8-7-9-21(16-20)25(3)4/h7-9,11-14,16,22H,5-6,10,15,17H2,1-4H3/t22-/m1/s1. The van der Waals surface area contributed by atoms with Gasteiger partial charge in [-0.2, -0.15) is 0 Å². The summed E-state index contributed by atoms with van der Waals surface area (Å²) in [6.07, 6.45) is 3.28. The third-order valence-corrected chi connectivity index (χ3v) is 5.24. The van der Waals surface area contributed by atoms with Gasteiger partial charge in [-0.15, -0.1) is 0 Å². The average Bonchev–Trinajstić information content (AvgIpc) is 2.67. The third kappa shape index (κ3) is 4.69. The van der Waals surface area contributed by atoms with Gasteiger partial charge in [0.1, 0.15) is 0 Å². The van der Waals surface area contributed by atoms with Gasteiger partial charge in [-0.25, -0.2) is 0 Å². The lowest BCUT2D eigenvalue weighted by Gasteiger charge is -2.36. The largest absolute Gasteiger partial charge is 0.378 e. The summed E-state index contributed by atoms with van der Waals surface area (Å²) in [7, 11) is 8.17. The average molecular weight is 366 g/mol. The Morgan fingerprint density at radius 1 is 1.04 bits per heavy atom. The molecule has 2 aromatic rings. The van der Waals surface area contributed by atoms with Crippen LogP contribution in [0.4, 0.5) is 5.69 Å². The molecule has 4 nitrogen and oxygen atoms in total. The molecule has 1 saturated heterocycles. The van der Waals surface area contributed by atoms with E-state index in [2.05, 4.69) is 48.2 Å². The first kappa shape index (κ1) is 19.4. The van der Waals surface area contributed by atoms with Gasteiger partial charge in [0.05, 0.1) is 6.04 Å². The summed E-state index contributed by atoms with van der Waals surface area (Å²) in [5.41, 5.74) is 4.38. The molecule has 1 aliphatic heterocycles. The smallest absolute Gasteiger partial charge is 0.254 e. The molecule has 0 saturated carbocycles. The van der Waals surface area contributed by atoms with Crippen LogP contribution in [0.5, 0.6) is 0 Å². The minimum Gasteiger partial charge on any atom is -0.378 e. The Kier molecular flexibility index (Phi) is 6.17. The van der Waals surface area contributed by atoms with E-state index in [0.29, 0.717) is 0 Å². The number of hydrogen-bond acceptors (Lipinski definition) is 3. The number of likely N-dealkylation sites (tertiary alicyclic amines) is 1. The van der Waals surface area contributed by atoms with Crippen LogP contribution in [-0.2, 0) is 6.54 Å². The minimum absolute atomic E-state index is 0.140. The van der Waals surface area contributed by atoms with E-state index in [0.717, 1.165) is 37.2 Å². The Balaban J connectivity index is 1.82. The Morgan fingerprint density at radius 3 is 2.44 bits per heavy atom. The van der Waals surface area contributed by atoms with Gasteiger partial charge in [0.25, 0.3) is 5.91 Å². The highest BCUT2D eigenvalue weighted by molar-refractivity contribution is 5.95. The first-order chi connectivity index (χ1) is 13.0. The topological polar surface area (TPSA) is 26.8 Å². The molecule has 144 valence electrons. The van der Waals surface area contributed by atoms with Gasteiger partial charge in [-0.1, -0.05) is 30.3 Å². The van der Waals surface area contributed by atoms with Gasteiger partial charge < -0.3 is 14.7 Å². The maximum atomic E-state index is 13.3. The second-order valence-corrected chi connectivity index (χ2v) is 7.93. The van der Waals surface area contributed by atoms with Crippen LogP contribution in [0.3, 0.4) is 0 Å². The molecule has 4 heteroatoms. The van der Waals surface area contributed by atoms with Crippen LogP contribution >= 0.6 is 0 Å². The maximum absolute atomic E-state index is 13.3. The molecule has 1 atom stereocenters. The lowest BCUT2D eigenvalue weighted by Crippen LogP contribution is -2.38. The van der Waals surface area contributed by atoms with E-state index in [1.54, 1.807) is 0 Å². The van der Waals surface area contributed by atoms with Gasteiger partial charge in [0, 0.05) is 38.4 Å². The number of hydrogen-bond donors (Lipinski definition) is 0. The van der Waals surface area contributed by atoms with E-state index < -0.39 is 0 Å². The summed E-state index contributed by atoms with van der Waals surface area (Å²) in [6, 6.07) is 16.9. The van der Waals surface area contributed by atoms with Crippen molar-refractivity contribution in [3.8, 4) is 0 Å². The number of rotatable bonds is 5. The zero-order valence-electron chi connectivity index (χ0n) is 17.0. The van der Waals surface area contributed by atoms with Crippen LogP contribution in [0, 0.1) is 0 Å². The van der Waals surface area contributed by atoms with Crippen LogP contribution in [0.1, 0.15) is 46.8 Å². The number of anilines is 1. The van der Waals surface area contributed by atoms with Crippen molar-refractivity contribution in [2.75, 3.05) is 39.6 Å². The second kappa shape index (κ2) is 8.57. The van der Waals surface area contributed by atoms with Crippen molar-refractivity contribution >= 4 is 11.6 Å². The highest BCUT2D eigenvalue weighted by Gasteiger charge is 2.28. The van der Waals surface area contributed by atoms with E-state index >= 15 is 0 Å². The molecule has 0 unspecified atom stereocenters. The fraction of sp³-hybridized carbons (Fsp3) is 0.435. The fourth-order valence-electron chi connectivity index (χ4n) is 3.81. The molecular formula is C23H31N3O. The molecular weight excluding hydrogens is 334 g/mol. The van der Waals surface area contributed by atoms with Crippen LogP contribution < -0.4 is 4.90 Å². The molecule has 0 bridgehead atoms. The van der Waals surface area contributed by atoms with Crippen molar-refractivity contribution < 1.29 is 4.79 Å². The summed E-state index contributed by atoms with van der Waals surface area (Å²) in [5.74, 6) is 0.140. The monoisotopic (exact) mass is 365 g/mol. The quantitative estimate of drug-likeness (QED) is 0.795. The fourth-order valence-corrected chi connectivity index (χ4v) is 3.81. The molecule has 0 aromatic heterocycles. The van der Waals surface area contributed by atoms with E-state index in [-0.39, 0.29) is 11.9 Å². The lowest BCUT2D eigenvalue weighted by atomic mass is 9.93. The predicted octanol–water partition coefficient (Wildman–Crippen LogP) is 4.18. The van der Waals surface area contributed by atoms with Gasteiger partial charge in [0.15, 0.2) is 0 Å². The van der Waals surface area contributed by atoms with Crippen molar-refractivity contribution in [2.45, 2.75) is 31.8 Å². The minimum atomic E-state index is 0.140. The summed E-state index contributed by atoms with van der Waals surface area (Å²) in [4.78, 5) is 19.5. The Bertz CT molecular complexity index is 767. The zero-order valence-corrected chi connectivity index (χ0v) is 17.0. The number of carbonyl (C=O) groups is 1. The number of piperidine rings is 1. The molecule has 3 rings (SSSR count). The number of carbonyl (C=O) groups excluding carboxylic acids is 1. The zero-order chi connectivity index (χ0) is 19.4. The normalized spacial score (nSPS) is 17.2. The van der Waals surface area contributed by atoms with Crippen molar-refractivity contribution in [3.05, 3.63) is 65.2 Å². The summed E-state index contributed by atoms with van der Waals surface area (Å²) < 4.78 is 0. The van der Waals surface area contributed by atoms with Crippen LogP contribution in [0.25, 0.3) is 0 Å². The van der Waals surface area contributed by atoms with Gasteiger partial charge >= 0.3 is 0 Å². The van der Waals surface area contributed by atoms with E-state index in [1.807, 2.05) is 43.3 Å². The molecule has 27 heavy (non-hydrogen) atoms. The summed E-state index contributed by atoms with van der Waals surface area (Å²) >= 11 is 0. The SMILES string of the molecule is CN(C)Cc1ccc([C@H]2CCCCN2C(=O)c2cccc(N(C)C)c2)cc1. The summed E-state index contributed by atoms with van der Waals surface area (Å²) in [5, 5.41) is 0. The number of amides is 1. The van der Waals surface area contributed by atoms with E-state index in [4.69, 9.17) is 0 Å². The predicted molar refractivity (Wildman–Crippen MR) is 112 cm³/mol. The third-order valence-electron chi connectivity index (χ3n) is 5.24. The highest BCUT2D eigenvalue weighted by atomic mass is 16.2. The molecule has 1 amide bonds. The number of nitrogens with zero attached hydrogens (tertiary/aromatic N) is 3. The molecule has 0 radical (unpaired) electrons. The van der Waals surface area contributed by atoms with Crippen molar-refractivity contribution in [1.82, 2.24) is 9.80 Å². The maximum Gasteiger partial charge on any atom is 0.254 e. The molecule has 1 heterocycles. The first-order valence-corrected chi connectivity index (χ1v) is 9.77. The summed E-state index contributed by atoms with van der Waals surface area (Å²) in [6.45, 7) is 1.76. The molecule has 0 N–H and O–H groups in total. The first-order valence-electron chi connectivity index (χ1n) is 9.77. The van der Waals surface area contributed by atoms with E-state index in [1.165, 1.54) is 17.5 Å². The number of benzene rings is 2. The van der Waals surface area contributed by atoms with Crippen LogP contribution in [-0.4, -0.2) is 50.4 Å². The second-order valence-electron chi connectivity index (χ2n) is 7.93. The van der Waals surface area contributed by atoms with Gasteiger partial charge in [-0.05, 0) is 62.7 Å². The van der Waals surface area contributed by atoms with Crippen LogP contribution in [0.15, 0.2) is 48.5 Å². The lowest BCUT2D eigenvalue weighted by molar-refractivity contribution is 0.0611. The molecule has 0 aliphatic carbocycles. The van der Waals surface area contributed by atoms with Crippen molar-refractivity contribution in [1.29, 1.82) is 0 Å². The van der Waals surface area contributed by atoms with Crippen molar-refractivity contribution in [2.24, 2.45) is 0 Å². The highest BCUT2D eigenvalue weighted by Crippen LogP contribution is 2.32.